The highest BCUT2D eigenvalue weighted by molar-refractivity contribution is 5.56. The van der Waals surface area contributed by atoms with Crippen LogP contribution in [0.5, 0.6) is 5.75 Å². The monoisotopic (exact) mass is 433 g/mol. The van der Waals surface area contributed by atoms with Crippen molar-refractivity contribution in [3.05, 3.63) is 65.5 Å². The van der Waals surface area contributed by atoms with Crippen LogP contribution in [0.25, 0.3) is 11.5 Å². The molecule has 0 amide bonds. The van der Waals surface area contributed by atoms with Crippen LogP contribution in [0.1, 0.15) is 29.4 Å². The molecule has 6 heteroatoms. The highest BCUT2D eigenvalue weighted by Crippen LogP contribution is 2.33. The highest BCUT2D eigenvalue weighted by Gasteiger charge is 2.24. The summed E-state index contributed by atoms with van der Waals surface area (Å²) in [6.45, 7) is 8.01. The summed E-state index contributed by atoms with van der Waals surface area (Å²) in [5.41, 5.74) is 5.00. The number of fused-ring (bicyclic) bond motifs is 1. The van der Waals surface area contributed by atoms with Gasteiger partial charge in [0.05, 0.1) is 26.0 Å². The van der Waals surface area contributed by atoms with Gasteiger partial charge in [-0.25, -0.2) is 4.98 Å². The third kappa shape index (κ3) is 4.52. The number of aryl methyl sites for hydroxylation is 1. The molecule has 0 aliphatic carbocycles. The van der Waals surface area contributed by atoms with Crippen LogP contribution >= 0.6 is 0 Å². The average Bonchev–Trinajstić information content (AvgIpc) is 3.29. The number of hydrogen-bond donors (Lipinski definition) is 0. The molecule has 1 atom stereocenters. The third-order valence-electron chi connectivity index (χ3n) is 6.57. The van der Waals surface area contributed by atoms with E-state index in [0.717, 1.165) is 69.2 Å². The summed E-state index contributed by atoms with van der Waals surface area (Å²) < 4.78 is 17.1. The van der Waals surface area contributed by atoms with E-state index in [9.17, 15) is 0 Å². The number of piperazine rings is 1. The molecule has 3 heterocycles. The maximum Gasteiger partial charge on any atom is 0.226 e. The predicted octanol–water partition coefficient (Wildman–Crippen LogP) is 4.48. The van der Waals surface area contributed by atoms with Crippen molar-refractivity contribution in [2.75, 3.05) is 51.3 Å². The summed E-state index contributed by atoms with van der Waals surface area (Å²) >= 11 is 0. The van der Waals surface area contributed by atoms with Crippen molar-refractivity contribution in [3.8, 4) is 17.2 Å². The van der Waals surface area contributed by atoms with Gasteiger partial charge in [-0.2, -0.15) is 0 Å². The van der Waals surface area contributed by atoms with E-state index in [-0.39, 0.29) is 6.10 Å². The molecule has 0 spiro atoms. The van der Waals surface area contributed by atoms with Crippen molar-refractivity contribution in [1.82, 2.24) is 9.88 Å². The number of hydrogen-bond acceptors (Lipinski definition) is 6. The fourth-order valence-electron chi connectivity index (χ4n) is 4.72. The van der Waals surface area contributed by atoms with E-state index in [2.05, 4.69) is 45.1 Å². The first-order chi connectivity index (χ1) is 15.7. The first-order valence-electron chi connectivity index (χ1n) is 11.5. The molecule has 2 aliphatic heterocycles. The van der Waals surface area contributed by atoms with E-state index in [1.165, 1.54) is 16.8 Å². The summed E-state index contributed by atoms with van der Waals surface area (Å²) in [5, 5.41) is 0. The molecule has 2 aliphatic rings. The molecule has 1 saturated heterocycles. The molecule has 5 rings (SSSR count). The van der Waals surface area contributed by atoms with Gasteiger partial charge in [-0.15, -0.1) is 0 Å². The number of oxazole rings is 1. The predicted molar refractivity (Wildman–Crippen MR) is 125 cm³/mol. The molecule has 0 N–H and O–H groups in total. The Balaban J connectivity index is 1.17. The second kappa shape index (κ2) is 9.35. The summed E-state index contributed by atoms with van der Waals surface area (Å²) in [6.07, 6.45) is 3.90. The lowest BCUT2D eigenvalue weighted by molar-refractivity contribution is 0.0289. The zero-order valence-electron chi connectivity index (χ0n) is 18.9. The minimum Gasteiger partial charge on any atom is -0.497 e. The van der Waals surface area contributed by atoms with Gasteiger partial charge in [0, 0.05) is 44.0 Å². The molecule has 3 aromatic rings. The van der Waals surface area contributed by atoms with E-state index in [0.29, 0.717) is 5.89 Å². The van der Waals surface area contributed by atoms with E-state index < -0.39 is 0 Å². The molecule has 1 fully saturated rings. The van der Waals surface area contributed by atoms with Crippen molar-refractivity contribution >= 4 is 5.69 Å². The second-order valence-corrected chi connectivity index (χ2v) is 8.61. The fourth-order valence-corrected chi connectivity index (χ4v) is 4.72. The molecule has 32 heavy (non-hydrogen) atoms. The maximum absolute atomic E-state index is 6.17. The Bertz CT molecular complexity index is 1040. The molecular formula is C26H31N3O3. The van der Waals surface area contributed by atoms with E-state index in [4.69, 9.17) is 13.9 Å². The first-order valence-corrected chi connectivity index (χ1v) is 11.5. The second-order valence-electron chi connectivity index (χ2n) is 8.61. The van der Waals surface area contributed by atoms with Gasteiger partial charge in [-0.1, -0.05) is 6.07 Å². The summed E-state index contributed by atoms with van der Waals surface area (Å²) in [7, 11) is 1.71. The maximum atomic E-state index is 6.17. The standard InChI is InChI=1S/C26H31N3O3/c1-19-18-27-26(32-19)21-3-8-24-20(17-21)10-16-31-25(24)9-11-28-12-14-29(15-13-28)22-4-6-23(30-2)7-5-22/h3-8,17-18,25H,9-16H2,1-2H3. The summed E-state index contributed by atoms with van der Waals surface area (Å²) in [5.74, 6) is 2.44. The molecule has 0 bridgehead atoms. The number of nitrogens with zero attached hydrogens (tertiary/aromatic N) is 3. The minimum absolute atomic E-state index is 0.165. The smallest absolute Gasteiger partial charge is 0.226 e. The lowest BCUT2D eigenvalue weighted by Gasteiger charge is -2.37. The van der Waals surface area contributed by atoms with Gasteiger partial charge in [-0.3, -0.25) is 4.90 Å². The van der Waals surface area contributed by atoms with Crippen LogP contribution < -0.4 is 9.64 Å². The van der Waals surface area contributed by atoms with E-state index in [1.54, 1.807) is 13.3 Å². The van der Waals surface area contributed by atoms with Crippen LogP contribution in [0.2, 0.25) is 0 Å². The Kier molecular flexibility index (Phi) is 6.14. The van der Waals surface area contributed by atoms with Gasteiger partial charge >= 0.3 is 0 Å². The average molecular weight is 434 g/mol. The van der Waals surface area contributed by atoms with Gasteiger partial charge in [-0.05, 0) is 67.3 Å². The zero-order valence-corrected chi connectivity index (χ0v) is 18.9. The Labute approximate surface area is 189 Å². The normalized spacial score (nSPS) is 19.1. The summed E-state index contributed by atoms with van der Waals surface area (Å²) in [4.78, 5) is 9.38. The number of ether oxygens (including phenoxy) is 2. The van der Waals surface area contributed by atoms with Crippen LogP contribution in [-0.4, -0.2) is 56.3 Å². The van der Waals surface area contributed by atoms with E-state index >= 15 is 0 Å². The minimum atomic E-state index is 0.165. The van der Waals surface area contributed by atoms with Gasteiger partial charge in [0.25, 0.3) is 0 Å². The fraction of sp³-hybridized carbons (Fsp3) is 0.423. The Morgan fingerprint density at radius 1 is 1.06 bits per heavy atom. The Hall–Kier alpha value is -2.83. The van der Waals surface area contributed by atoms with Gasteiger partial charge < -0.3 is 18.8 Å². The molecule has 168 valence electrons. The molecule has 2 aromatic carbocycles. The van der Waals surface area contributed by atoms with Crippen molar-refractivity contribution in [3.63, 3.8) is 0 Å². The van der Waals surface area contributed by atoms with Gasteiger partial charge in [0.2, 0.25) is 5.89 Å². The van der Waals surface area contributed by atoms with Crippen LogP contribution in [0.3, 0.4) is 0 Å². The summed E-state index contributed by atoms with van der Waals surface area (Å²) in [6, 6.07) is 14.9. The lowest BCUT2D eigenvalue weighted by Crippen LogP contribution is -2.46. The lowest BCUT2D eigenvalue weighted by atomic mass is 9.93. The third-order valence-corrected chi connectivity index (χ3v) is 6.57. The molecule has 6 nitrogen and oxygen atoms in total. The number of anilines is 1. The van der Waals surface area contributed by atoms with Gasteiger partial charge in [0.15, 0.2) is 0 Å². The van der Waals surface area contributed by atoms with Gasteiger partial charge in [0.1, 0.15) is 11.5 Å². The van der Waals surface area contributed by atoms with E-state index in [1.807, 2.05) is 19.1 Å². The number of aromatic nitrogens is 1. The topological polar surface area (TPSA) is 51.0 Å². The van der Waals surface area contributed by atoms with Crippen LogP contribution in [0.15, 0.2) is 53.1 Å². The first kappa shape index (κ1) is 21.0. The van der Waals surface area contributed by atoms with Crippen LogP contribution in [0.4, 0.5) is 5.69 Å². The number of rotatable bonds is 6. The quantitative estimate of drug-likeness (QED) is 0.571. The molecular weight excluding hydrogens is 402 g/mol. The highest BCUT2D eigenvalue weighted by atomic mass is 16.5. The van der Waals surface area contributed by atoms with Crippen LogP contribution in [0, 0.1) is 6.92 Å². The molecule has 0 radical (unpaired) electrons. The zero-order chi connectivity index (χ0) is 21.9. The number of methoxy groups -OCH3 is 1. The number of benzene rings is 2. The Morgan fingerprint density at radius 3 is 2.59 bits per heavy atom. The molecule has 1 aromatic heterocycles. The van der Waals surface area contributed by atoms with Crippen molar-refractivity contribution in [2.45, 2.75) is 25.9 Å². The molecule has 0 saturated carbocycles. The largest absolute Gasteiger partial charge is 0.497 e. The molecule has 1 unspecified atom stereocenters. The van der Waals surface area contributed by atoms with Crippen LogP contribution in [-0.2, 0) is 11.2 Å². The van der Waals surface area contributed by atoms with Crippen molar-refractivity contribution in [1.29, 1.82) is 0 Å². The van der Waals surface area contributed by atoms with Crippen molar-refractivity contribution in [2.24, 2.45) is 0 Å². The SMILES string of the molecule is COc1ccc(N2CCN(CCC3OCCc4cc(-c5ncc(C)o5)ccc43)CC2)cc1. The Morgan fingerprint density at radius 2 is 1.88 bits per heavy atom. The van der Waals surface area contributed by atoms with Crippen molar-refractivity contribution < 1.29 is 13.9 Å².